The minimum Gasteiger partial charge on any atom is -0.228 e. The van der Waals surface area contributed by atoms with Crippen molar-refractivity contribution in [3.05, 3.63) is 101 Å². The van der Waals surface area contributed by atoms with Crippen molar-refractivity contribution in [2.45, 2.75) is 6.18 Å². The Bertz CT molecular complexity index is 1440. The molecule has 0 spiro atoms. The van der Waals surface area contributed by atoms with E-state index in [0.29, 0.717) is 16.8 Å². The molecule has 5 aromatic rings. The largest absolute Gasteiger partial charge is 0.417 e. The average molecular weight is 512 g/mol. The second-order valence-electron chi connectivity index (χ2n) is 7.36. The summed E-state index contributed by atoms with van der Waals surface area (Å²) in [6, 6.07) is 21.9. The predicted molar refractivity (Wildman–Crippen MR) is 122 cm³/mol. The lowest BCUT2D eigenvalue weighted by Crippen LogP contribution is -2.08. The smallest absolute Gasteiger partial charge is 0.228 e. The van der Waals surface area contributed by atoms with Crippen LogP contribution in [0.4, 0.5) is 17.6 Å². The molecule has 2 heterocycles. The summed E-state index contributed by atoms with van der Waals surface area (Å²) in [5, 5.41) is 4.46. The molecule has 164 valence electrons. The van der Waals surface area contributed by atoms with Crippen LogP contribution >= 0.6 is 15.9 Å². The Balaban J connectivity index is 1.88. The Morgan fingerprint density at radius 1 is 0.788 bits per heavy atom. The van der Waals surface area contributed by atoms with Crippen LogP contribution < -0.4 is 0 Å². The Labute approximate surface area is 194 Å². The van der Waals surface area contributed by atoms with Crippen LogP contribution in [0.25, 0.3) is 39.2 Å². The van der Waals surface area contributed by atoms with Gasteiger partial charge >= 0.3 is 6.18 Å². The molecular weight excluding hydrogens is 498 g/mol. The number of para-hydroxylation sites is 1. The van der Waals surface area contributed by atoms with Gasteiger partial charge in [0.1, 0.15) is 11.5 Å². The fourth-order valence-corrected chi connectivity index (χ4v) is 3.93. The molecule has 0 N–H and O–H groups in total. The number of fused-ring (bicyclic) bond motifs is 1. The van der Waals surface area contributed by atoms with Crippen LogP contribution in [-0.4, -0.2) is 14.8 Å². The number of aromatic nitrogens is 3. The van der Waals surface area contributed by atoms with Crippen molar-refractivity contribution in [1.29, 1.82) is 0 Å². The Hall–Kier alpha value is -3.52. The molecule has 0 bridgehead atoms. The van der Waals surface area contributed by atoms with Crippen LogP contribution in [0.15, 0.2) is 89.4 Å². The maximum Gasteiger partial charge on any atom is 0.417 e. The van der Waals surface area contributed by atoms with E-state index < -0.39 is 17.6 Å². The van der Waals surface area contributed by atoms with Gasteiger partial charge in [0.25, 0.3) is 0 Å². The van der Waals surface area contributed by atoms with E-state index in [1.165, 1.54) is 28.9 Å². The van der Waals surface area contributed by atoms with Gasteiger partial charge in [-0.1, -0.05) is 46.3 Å². The fourth-order valence-electron chi connectivity index (χ4n) is 3.67. The first-order valence-corrected chi connectivity index (χ1v) is 10.7. The SMILES string of the molecule is Fc1ccc(-c2cc(C(F)(F)F)c3c(-c4ccc(Br)cc4)nn(-c4ccccc4)c3n2)cc1. The Morgan fingerprint density at radius 3 is 2.06 bits per heavy atom. The van der Waals surface area contributed by atoms with Gasteiger partial charge in [-0.3, -0.25) is 0 Å². The summed E-state index contributed by atoms with van der Waals surface area (Å²) in [6.07, 6.45) is -4.66. The summed E-state index contributed by atoms with van der Waals surface area (Å²) >= 11 is 3.35. The molecule has 0 aliphatic rings. The summed E-state index contributed by atoms with van der Waals surface area (Å²) in [4.78, 5) is 4.56. The van der Waals surface area contributed by atoms with Crippen LogP contribution in [0, 0.1) is 5.82 Å². The highest BCUT2D eigenvalue weighted by molar-refractivity contribution is 9.10. The highest BCUT2D eigenvalue weighted by Crippen LogP contribution is 2.41. The van der Waals surface area contributed by atoms with Gasteiger partial charge in [-0.15, -0.1) is 0 Å². The van der Waals surface area contributed by atoms with Gasteiger partial charge in [-0.25, -0.2) is 14.1 Å². The van der Waals surface area contributed by atoms with Crippen molar-refractivity contribution in [1.82, 2.24) is 14.8 Å². The van der Waals surface area contributed by atoms with Crippen molar-refractivity contribution in [2.75, 3.05) is 0 Å². The summed E-state index contributed by atoms with van der Waals surface area (Å²) in [6.45, 7) is 0. The summed E-state index contributed by atoms with van der Waals surface area (Å²) in [5.41, 5.74) is 0.929. The zero-order valence-electron chi connectivity index (χ0n) is 16.8. The quantitative estimate of drug-likeness (QED) is 0.232. The van der Waals surface area contributed by atoms with Gasteiger partial charge in [0, 0.05) is 15.6 Å². The fraction of sp³-hybridized carbons (Fsp3) is 0.0400. The lowest BCUT2D eigenvalue weighted by atomic mass is 10.0. The van der Waals surface area contributed by atoms with Gasteiger partial charge in [0.15, 0.2) is 5.65 Å². The summed E-state index contributed by atoms with van der Waals surface area (Å²) in [7, 11) is 0. The molecule has 3 aromatic carbocycles. The van der Waals surface area contributed by atoms with E-state index in [1.807, 2.05) is 6.07 Å². The molecule has 0 aliphatic heterocycles. The van der Waals surface area contributed by atoms with Crippen molar-refractivity contribution in [3.63, 3.8) is 0 Å². The molecule has 5 rings (SSSR count). The number of pyridine rings is 1. The molecule has 0 unspecified atom stereocenters. The highest BCUT2D eigenvalue weighted by Gasteiger charge is 2.36. The van der Waals surface area contributed by atoms with E-state index in [-0.39, 0.29) is 22.4 Å². The predicted octanol–water partition coefficient (Wildman–Crippen LogP) is 7.67. The first-order chi connectivity index (χ1) is 15.8. The molecule has 33 heavy (non-hydrogen) atoms. The van der Waals surface area contributed by atoms with E-state index in [0.717, 1.165) is 10.5 Å². The number of rotatable bonds is 3. The van der Waals surface area contributed by atoms with Crippen molar-refractivity contribution in [2.24, 2.45) is 0 Å². The normalized spacial score (nSPS) is 11.8. The number of halogens is 5. The molecule has 2 aromatic heterocycles. The minimum atomic E-state index is -4.66. The van der Waals surface area contributed by atoms with E-state index in [4.69, 9.17) is 0 Å². The first-order valence-electron chi connectivity index (χ1n) is 9.89. The number of hydrogen-bond donors (Lipinski definition) is 0. The monoisotopic (exact) mass is 511 g/mol. The molecule has 0 atom stereocenters. The van der Waals surface area contributed by atoms with Crippen LogP contribution in [0.1, 0.15) is 5.56 Å². The van der Waals surface area contributed by atoms with E-state index in [2.05, 4.69) is 26.0 Å². The average Bonchev–Trinajstić information content (AvgIpc) is 3.19. The van der Waals surface area contributed by atoms with Gasteiger partial charge < -0.3 is 0 Å². The number of nitrogens with zero attached hydrogens (tertiary/aromatic N) is 3. The number of alkyl halides is 3. The van der Waals surface area contributed by atoms with Gasteiger partial charge in [0.2, 0.25) is 0 Å². The lowest BCUT2D eigenvalue weighted by Gasteiger charge is -2.12. The van der Waals surface area contributed by atoms with E-state index in [1.54, 1.807) is 48.5 Å². The number of benzene rings is 3. The van der Waals surface area contributed by atoms with Gasteiger partial charge in [-0.05, 0) is 54.6 Å². The lowest BCUT2D eigenvalue weighted by molar-refractivity contribution is -0.136. The molecule has 0 fully saturated rings. The summed E-state index contributed by atoms with van der Waals surface area (Å²) < 4.78 is 58.6. The third-order valence-corrected chi connectivity index (χ3v) is 5.73. The first kappa shape index (κ1) is 21.3. The maximum absolute atomic E-state index is 14.3. The molecule has 0 aliphatic carbocycles. The topological polar surface area (TPSA) is 30.7 Å². The Morgan fingerprint density at radius 2 is 1.42 bits per heavy atom. The van der Waals surface area contributed by atoms with Crippen LogP contribution in [0.2, 0.25) is 0 Å². The highest BCUT2D eigenvalue weighted by atomic mass is 79.9. The second-order valence-corrected chi connectivity index (χ2v) is 8.28. The van der Waals surface area contributed by atoms with E-state index >= 15 is 0 Å². The summed E-state index contributed by atoms with van der Waals surface area (Å²) in [5.74, 6) is -0.484. The molecule has 0 amide bonds. The van der Waals surface area contributed by atoms with Crippen LogP contribution in [0.3, 0.4) is 0 Å². The van der Waals surface area contributed by atoms with Crippen LogP contribution in [0.5, 0.6) is 0 Å². The minimum absolute atomic E-state index is 0.0632. The van der Waals surface area contributed by atoms with Gasteiger partial charge in [0.05, 0.1) is 22.3 Å². The standard InChI is InChI=1S/C25H14BrF4N3/c26-17-10-6-16(7-11-17)23-22-20(25(28,29)30)14-21(15-8-12-18(27)13-9-15)31-24(22)33(32-23)19-4-2-1-3-5-19/h1-14H. The third kappa shape index (κ3) is 4.02. The molecule has 3 nitrogen and oxygen atoms in total. The van der Waals surface area contributed by atoms with Crippen molar-refractivity contribution >= 4 is 27.0 Å². The third-order valence-electron chi connectivity index (χ3n) is 5.20. The maximum atomic E-state index is 14.3. The molecular formula is C25H14BrF4N3. The Kier molecular flexibility index (Phi) is 5.25. The van der Waals surface area contributed by atoms with Crippen molar-refractivity contribution in [3.8, 4) is 28.2 Å². The van der Waals surface area contributed by atoms with Gasteiger partial charge in [-0.2, -0.15) is 18.3 Å². The zero-order chi connectivity index (χ0) is 23.2. The van der Waals surface area contributed by atoms with Crippen molar-refractivity contribution < 1.29 is 17.6 Å². The molecule has 0 radical (unpaired) electrons. The molecule has 0 saturated heterocycles. The number of hydrogen-bond acceptors (Lipinski definition) is 2. The van der Waals surface area contributed by atoms with Crippen LogP contribution in [-0.2, 0) is 6.18 Å². The zero-order valence-corrected chi connectivity index (χ0v) is 18.4. The molecule has 0 saturated carbocycles. The van der Waals surface area contributed by atoms with E-state index in [9.17, 15) is 17.6 Å². The molecule has 8 heteroatoms. The second kappa shape index (κ2) is 8.12.